The molecule has 0 bridgehead atoms. The summed E-state index contributed by atoms with van der Waals surface area (Å²) < 4.78 is 1.90. The second kappa shape index (κ2) is 6.28. The van der Waals surface area contributed by atoms with Crippen molar-refractivity contribution in [2.45, 2.75) is 32.7 Å². The number of hydrogen-bond donors (Lipinski definition) is 1. The first kappa shape index (κ1) is 15.9. The third-order valence-electron chi connectivity index (χ3n) is 4.65. The molecular formula is C17H21N3O2S. The standard InChI is InChI=1S/C17H21N3O2S/c1-3-20-16(22)13-8-7-12(9-14(13)18-17(20)23)15(21)19(2)10-11-5-4-6-11/h7-9,11H,3-6,10H2,1-2H3,(H,18,23). The minimum atomic E-state index is -0.118. The molecule has 23 heavy (non-hydrogen) atoms. The van der Waals surface area contributed by atoms with Gasteiger partial charge in [0.05, 0.1) is 10.9 Å². The molecule has 1 aliphatic carbocycles. The van der Waals surface area contributed by atoms with Crippen molar-refractivity contribution in [3.63, 3.8) is 0 Å². The second-order valence-corrected chi connectivity index (χ2v) is 6.61. The topological polar surface area (TPSA) is 58.1 Å². The number of hydrogen-bond acceptors (Lipinski definition) is 3. The van der Waals surface area contributed by atoms with Gasteiger partial charge in [-0.2, -0.15) is 0 Å². The zero-order chi connectivity index (χ0) is 16.6. The Labute approximate surface area is 139 Å². The van der Waals surface area contributed by atoms with Crippen molar-refractivity contribution < 1.29 is 4.79 Å². The predicted octanol–water partition coefficient (Wildman–Crippen LogP) is 2.95. The van der Waals surface area contributed by atoms with E-state index in [1.165, 1.54) is 23.8 Å². The van der Waals surface area contributed by atoms with Crippen LogP contribution in [0.3, 0.4) is 0 Å². The molecule has 122 valence electrons. The monoisotopic (exact) mass is 331 g/mol. The summed E-state index contributed by atoms with van der Waals surface area (Å²) >= 11 is 5.22. The first-order valence-electron chi connectivity index (χ1n) is 8.03. The quantitative estimate of drug-likeness (QED) is 0.876. The number of H-pyrrole nitrogens is 1. The molecule has 0 unspecified atom stereocenters. The minimum Gasteiger partial charge on any atom is -0.341 e. The highest BCUT2D eigenvalue weighted by atomic mass is 32.1. The molecule has 1 saturated carbocycles. The number of nitrogens with zero attached hydrogens (tertiary/aromatic N) is 2. The Bertz CT molecular complexity index is 864. The summed E-state index contributed by atoms with van der Waals surface area (Å²) in [5.74, 6) is 0.616. The Morgan fingerprint density at radius 2 is 2.17 bits per heavy atom. The van der Waals surface area contributed by atoms with Crippen molar-refractivity contribution in [3.05, 3.63) is 38.9 Å². The number of nitrogens with one attached hydrogen (secondary N) is 1. The largest absolute Gasteiger partial charge is 0.341 e. The number of benzene rings is 1. The van der Waals surface area contributed by atoms with Gasteiger partial charge in [-0.15, -0.1) is 0 Å². The first-order valence-corrected chi connectivity index (χ1v) is 8.44. The van der Waals surface area contributed by atoms with E-state index in [0.717, 1.165) is 6.54 Å². The van der Waals surface area contributed by atoms with Crippen LogP contribution in [0.2, 0.25) is 0 Å². The van der Waals surface area contributed by atoms with Crippen LogP contribution < -0.4 is 5.56 Å². The summed E-state index contributed by atoms with van der Waals surface area (Å²) in [5, 5.41) is 0.554. The fourth-order valence-corrected chi connectivity index (χ4v) is 3.36. The highest BCUT2D eigenvalue weighted by Gasteiger charge is 2.22. The highest BCUT2D eigenvalue weighted by Crippen LogP contribution is 2.27. The molecule has 5 nitrogen and oxygen atoms in total. The van der Waals surface area contributed by atoms with Gasteiger partial charge in [-0.05, 0) is 56.1 Å². The lowest BCUT2D eigenvalue weighted by Gasteiger charge is -2.30. The number of rotatable bonds is 4. The van der Waals surface area contributed by atoms with Crippen LogP contribution in [0.1, 0.15) is 36.5 Å². The first-order chi connectivity index (χ1) is 11.0. The SMILES string of the molecule is CCn1c(=S)[nH]c2cc(C(=O)N(C)CC3CCC3)ccc2c1=O. The average molecular weight is 331 g/mol. The van der Waals surface area contributed by atoms with Crippen LogP contribution in [0.25, 0.3) is 10.9 Å². The summed E-state index contributed by atoms with van der Waals surface area (Å²) in [6.07, 6.45) is 3.68. The lowest BCUT2D eigenvalue weighted by atomic mass is 9.85. The van der Waals surface area contributed by atoms with E-state index < -0.39 is 0 Å². The van der Waals surface area contributed by atoms with E-state index in [2.05, 4.69) is 4.98 Å². The summed E-state index contributed by atoms with van der Waals surface area (Å²) in [5.41, 5.74) is 1.08. The molecule has 3 rings (SSSR count). The summed E-state index contributed by atoms with van der Waals surface area (Å²) in [7, 11) is 1.84. The molecule has 1 amide bonds. The maximum Gasteiger partial charge on any atom is 0.262 e. The van der Waals surface area contributed by atoms with Crippen LogP contribution in [-0.4, -0.2) is 34.0 Å². The molecular weight excluding hydrogens is 310 g/mol. The molecule has 1 heterocycles. The molecule has 1 aromatic carbocycles. The lowest BCUT2D eigenvalue weighted by molar-refractivity contribution is 0.0745. The zero-order valence-electron chi connectivity index (χ0n) is 13.5. The van der Waals surface area contributed by atoms with Gasteiger partial charge in [0, 0.05) is 25.7 Å². The fourth-order valence-electron chi connectivity index (χ4n) is 3.04. The van der Waals surface area contributed by atoms with Gasteiger partial charge in [0.25, 0.3) is 11.5 Å². The average Bonchev–Trinajstić information content (AvgIpc) is 2.49. The maximum atomic E-state index is 12.6. The molecule has 0 saturated heterocycles. The Hall–Kier alpha value is -1.95. The molecule has 1 N–H and O–H groups in total. The second-order valence-electron chi connectivity index (χ2n) is 6.22. The van der Waals surface area contributed by atoms with Crippen molar-refractivity contribution in [2.75, 3.05) is 13.6 Å². The van der Waals surface area contributed by atoms with E-state index in [-0.39, 0.29) is 11.5 Å². The Kier molecular flexibility index (Phi) is 4.35. The van der Waals surface area contributed by atoms with Crippen LogP contribution in [-0.2, 0) is 6.54 Å². The van der Waals surface area contributed by atoms with Gasteiger partial charge in [-0.3, -0.25) is 14.2 Å². The van der Waals surface area contributed by atoms with Crippen LogP contribution >= 0.6 is 12.2 Å². The van der Waals surface area contributed by atoms with Gasteiger partial charge in [0.15, 0.2) is 4.77 Å². The summed E-state index contributed by atoms with van der Waals surface area (Å²) in [4.78, 5) is 29.8. The van der Waals surface area contributed by atoms with E-state index in [1.54, 1.807) is 23.1 Å². The zero-order valence-corrected chi connectivity index (χ0v) is 14.3. The number of carbonyl (C=O) groups excluding carboxylic acids is 1. The number of carbonyl (C=O) groups is 1. The van der Waals surface area contributed by atoms with Crippen molar-refractivity contribution in [3.8, 4) is 0 Å². The highest BCUT2D eigenvalue weighted by molar-refractivity contribution is 7.71. The summed E-state index contributed by atoms with van der Waals surface area (Å²) in [6, 6.07) is 5.16. The molecule has 0 aliphatic heterocycles. The number of aromatic amines is 1. The Morgan fingerprint density at radius 1 is 1.43 bits per heavy atom. The molecule has 1 aromatic heterocycles. The predicted molar refractivity (Wildman–Crippen MR) is 93.4 cm³/mol. The molecule has 1 fully saturated rings. The van der Waals surface area contributed by atoms with E-state index in [1.807, 2.05) is 14.0 Å². The van der Waals surface area contributed by atoms with Gasteiger partial charge in [0.2, 0.25) is 0 Å². The van der Waals surface area contributed by atoms with E-state index in [9.17, 15) is 9.59 Å². The number of amides is 1. The normalized spacial score (nSPS) is 14.7. The van der Waals surface area contributed by atoms with Gasteiger partial charge >= 0.3 is 0 Å². The number of fused-ring (bicyclic) bond motifs is 1. The Morgan fingerprint density at radius 3 is 2.78 bits per heavy atom. The third kappa shape index (κ3) is 2.95. The number of aromatic nitrogens is 2. The minimum absolute atomic E-state index is 0.0159. The van der Waals surface area contributed by atoms with Crippen molar-refractivity contribution in [1.29, 1.82) is 0 Å². The molecule has 0 radical (unpaired) electrons. The molecule has 0 atom stereocenters. The fraction of sp³-hybridized carbons (Fsp3) is 0.471. The van der Waals surface area contributed by atoms with Gasteiger partial charge in [0.1, 0.15) is 0 Å². The van der Waals surface area contributed by atoms with Gasteiger partial charge in [-0.1, -0.05) is 6.42 Å². The van der Waals surface area contributed by atoms with Crippen molar-refractivity contribution >= 4 is 29.0 Å². The van der Waals surface area contributed by atoms with E-state index in [4.69, 9.17) is 12.2 Å². The molecule has 6 heteroatoms. The van der Waals surface area contributed by atoms with Gasteiger partial charge in [-0.25, -0.2) is 0 Å². The summed E-state index contributed by atoms with van der Waals surface area (Å²) in [6.45, 7) is 3.20. The van der Waals surface area contributed by atoms with Crippen LogP contribution in [0.5, 0.6) is 0 Å². The third-order valence-corrected chi connectivity index (χ3v) is 4.97. The maximum absolute atomic E-state index is 12.6. The van der Waals surface area contributed by atoms with E-state index >= 15 is 0 Å². The molecule has 1 aliphatic rings. The van der Waals surface area contributed by atoms with Crippen LogP contribution in [0.4, 0.5) is 0 Å². The Balaban J connectivity index is 1.95. The molecule has 0 spiro atoms. The van der Waals surface area contributed by atoms with Crippen LogP contribution in [0, 0.1) is 10.7 Å². The van der Waals surface area contributed by atoms with Crippen molar-refractivity contribution in [2.24, 2.45) is 5.92 Å². The van der Waals surface area contributed by atoms with Crippen molar-refractivity contribution in [1.82, 2.24) is 14.5 Å². The lowest BCUT2D eigenvalue weighted by Crippen LogP contribution is -2.34. The van der Waals surface area contributed by atoms with Gasteiger partial charge < -0.3 is 9.88 Å². The van der Waals surface area contributed by atoms with E-state index in [0.29, 0.717) is 33.7 Å². The molecule has 2 aromatic rings. The smallest absolute Gasteiger partial charge is 0.262 e. The van der Waals surface area contributed by atoms with Crippen LogP contribution in [0.15, 0.2) is 23.0 Å².